The average Bonchev–Trinajstić information content (AvgIpc) is 2.68. The number of hydrogen-bond acceptors (Lipinski definition) is 8. The zero-order valence-corrected chi connectivity index (χ0v) is 22.0. The molecule has 0 aromatic rings. The molecule has 0 aliphatic heterocycles. The van der Waals surface area contributed by atoms with Crippen molar-refractivity contribution in [2.75, 3.05) is 24.6 Å². The maximum absolute atomic E-state index is 12.4. The Bertz CT molecular complexity index is 727. The van der Waals surface area contributed by atoms with E-state index >= 15 is 0 Å². The zero-order valence-electron chi connectivity index (χ0n) is 20.4. The monoisotopic (exact) mass is 514 g/mol. The van der Waals surface area contributed by atoms with Gasteiger partial charge in [0.1, 0.15) is 23.3 Å². The van der Waals surface area contributed by atoms with Crippen LogP contribution in [0.5, 0.6) is 0 Å². The van der Waals surface area contributed by atoms with Gasteiger partial charge in [-0.2, -0.15) is 0 Å². The molecular formula is C22H34N4O6S2. The van der Waals surface area contributed by atoms with Gasteiger partial charge >= 0.3 is 12.2 Å². The van der Waals surface area contributed by atoms with Crippen molar-refractivity contribution in [2.45, 2.75) is 64.8 Å². The van der Waals surface area contributed by atoms with Crippen molar-refractivity contribution in [3.05, 3.63) is 0 Å². The van der Waals surface area contributed by atoms with Crippen molar-refractivity contribution >= 4 is 45.6 Å². The van der Waals surface area contributed by atoms with Crippen LogP contribution in [0.15, 0.2) is 0 Å². The lowest BCUT2D eigenvalue weighted by Gasteiger charge is -2.24. The van der Waals surface area contributed by atoms with E-state index in [0.717, 1.165) is 0 Å². The summed E-state index contributed by atoms with van der Waals surface area (Å²) in [6.07, 6.45) is 8.85. The smallest absolute Gasteiger partial charge is 0.408 e. The van der Waals surface area contributed by atoms with E-state index < -0.39 is 47.3 Å². The number of amides is 4. The molecule has 0 aromatic heterocycles. The van der Waals surface area contributed by atoms with E-state index in [1.54, 1.807) is 41.5 Å². The van der Waals surface area contributed by atoms with E-state index in [1.165, 1.54) is 21.6 Å². The number of carbonyl (C=O) groups is 4. The number of hydrogen-bond donors (Lipinski definition) is 4. The lowest BCUT2D eigenvalue weighted by Crippen LogP contribution is -2.50. The van der Waals surface area contributed by atoms with Crippen LogP contribution in [0, 0.1) is 24.7 Å². The highest BCUT2D eigenvalue weighted by Crippen LogP contribution is 2.23. The van der Waals surface area contributed by atoms with E-state index in [0.29, 0.717) is 0 Å². The minimum Gasteiger partial charge on any atom is -0.444 e. The molecule has 0 aliphatic carbocycles. The zero-order chi connectivity index (χ0) is 26.4. The van der Waals surface area contributed by atoms with Crippen molar-refractivity contribution < 1.29 is 28.7 Å². The molecule has 0 aliphatic rings. The standard InChI is InChI=1S/C22H34N4O6S2/c1-9-11-23-17(27)15(25-19(29)31-21(3,4)5)13-33-34-14-16(18(28)24-12-10-2)26-20(30)32-22(6,7)8/h1-2,15-16H,11-14H2,3-8H3,(H,23,27)(H,24,28)(H,25,29)(H,26,30)/t15-,16-/m0/s1. The van der Waals surface area contributed by atoms with Crippen LogP contribution in [0.2, 0.25) is 0 Å². The number of carbonyl (C=O) groups excluding carboxylic acids is 4. The third kappa shape index (κ3) is 16.0. The van der Waals surface area contributed by atoms with E-state index in [4.69, 9.17) is 22.3 Å². The summed E-state index contributed by atoms with van der Waals surface area (Å²) in [7, 11) is 2.43. The SMILES string of the molecule is C#CCNC(=O)[C@H](CSSC[C@H](NC(=O)OC(C)(C)C)C(=O)NCC#C)NC(=O)OC(C)(C)C. The Labute approximate surface area is 209 Å². The largest absolute Gasteiger partial charge is 0.444 e. The quantitative estimate of drug-likeness (QED) is 0.186. The Kier molecular flexibility index (Phi) is 14.0. The molecule has 4 amide bonds. The lowest BCUT2D eigenvalue weighted by molar-refractivity contribution is -0.123. The lowest BCUT2D eigenvalue weighted by atomic mass is 10.2. The second kappa shape index (κ2) is 15.3. The third-order valence-electron chi connectivity index (χ3n) is 3.30. The van der Waals surface area contributed by atoms with Crippen LogP contribution < -0.4 is 21.3 Å². The minimum absolute atomic E-state index is 0.000370. The molecular weight excluding hydrogens is 480 g/mol. The molecule has 0 radical (unpaired) electrons. The predicted octanol–water partition coefficient (Wildman–Crippen LogP) is 1.65. The number of nitrogens with one attached hydrogen (secondary N) is 4. The summed E-state index contributed by atoms with van der Waals surface area (Å²) < 4.78 is 10.4. The molecule has 0 fully saturated rings. The predicted molar refractivity (Wildman–Crippen MR) is 135 cm³/mol. The van der Waals surface area contributed by atoms with Crippen molar-refractivity contribution in [3.63, 3.8) is 0 Å². The molecule has 0 saturated carbocycles. The second-order valence-corrected chi connectivity index (χ2v) is 11.4. The highest BCUT2D eigenvalue weighted by Gasteiger charge is 2.26. The van der Waals surface area contributed by atoms with Gasteiger partial charge in [-0.25, -0.2) is 9.59 Å². The van der Waals surface area contributed by atoms with Gasteiger partial charge in [0.15, 0.2) is 0 Å². The number of alkyl carbamates (subject to hydrolysis) is 2. The second-order valence-electron chi connectivity index (χ2n) is 8.81. The molecule has 0 heterocycles. The molecule has 0 bridgehead atoms. The highest BCUT2D eigenvalue weighted by atomic mass is 33.1. The van der Waals surface area contributed by atoms with E-state index in [1.807, 2.05) is 0 Å². The first-order chi connectivity index (χ1) is 15.7. The normalized spacial score (nSPS) is 12.7. The molecule has 2 atom stereocenters. The Morgan fingerprint density at radius 1 is 0.735 bits per heavy atom. The molecule has 0 saturated heterocycles. The van der Waals surface area contributed by atoms with Crippen LogP contribution in [-0.2, 0) is 19.1 Å². The minimum atomic E-state index is -0.937. The molecule has 12 heteroatoms. The first kappa shape index (κ1) is 31.3. The van der Waals surface area contributed by atoms with Gasteiger partial charge in [0.05, 0.1) is 13.1 Å². The fraction of sp³-hybridized carbons (Fsp3) is 0.636. The van der Waals surface area contributed by atoms with Crippen LogP contribution in [0.4, 0.5) is 9.59 Å². The topological polar surface area (TPSA) is 135 Å². The summed E-state index contributed by atoms with van der Waals surface area (Å²) in [5.41, 5.74) is -1.48. The summed E-state index contributed by atoms with van der Waals surface area (Å²) in [6, 6.07) is -1.87. The van der Waals surface area contributed by atoms with Crippen molar-refractivity contribution in [2.24, 2.45) is 0 Å². The molecule has 0 spiro atoms. The number of ether oxygens (including phenoxy) is 2. The summed E-state index contributed by atoms with van der Waals surface area (Å²) >= 11 is 0. The first-order valence-electron chi connectivity index (χ1n) is 10.3. The molecule has 0 rings (SSSR count). The summed E-state index contributed by atoms with van der Waals surface area (Å²) in [5, 5.41) is 10.1. The van der Waals surface area contributed by atoms with Gasteiger partial charge in [-0.05, 0) is 41.5 Å². The Morgan fingerprint density at radius 3 is 1.32 bits per heavy atom. The Hall–Kier alpha value is -2.70. The molecule has 0 aromatic carbocycles. The summed E-state index contributed by atoms with van der Waals surface area (Å²) in [5.74, 6) is 3.91. The van der Waals surface area contributed by atoms with Crippen LogP contribution in [0.1, 0.15) is 41.5 Å². The average molecular weight is 515 g/mol. The maximum Gasteiger partial charge on any atom is 0.408 e. The van der Waals surface area contributed by atoms with Crippen LogP contribution in [0.25, 0.3) is 0 Å². The van der Waals surface area contributed by atoms with Gasteiger partial charge in [-0.3, -0.25) is 9.59 Å². The van der Waals surface area contributed by atoms with E-state index in [2.05, 4.69) is 33.1 Å². The molecule has 0 unspecified atom stereocenters. The Balaban J connectivity index is 5.05. The molecule has 10 nitrogen and oxygen atoms in total. The van der Waals surface area contributed by atoms with E-state index in [-0.39, 0.29) is 24.6 Å². The number of rotatable bonds is 11. The fourth-order valence-electron chi connectivity index (χ4n) is 2.02. The van der Waals surface area contributed by atoms with Crippen molar-refractivity contribution in [3.8, 4) is 24.7 Å². The van der Waals surface area contributed by atoms with Gasteiger partial charge in [-0.15, -0.1) is 12.8 Å². The number of terminal acetylenes is 2. The summed E-state index contributed by atoms with van der Waals surface area (Å²) in [6.45, 7) is 10.2. The highest BCUT2D eigenvalue weighted by molar-refractivity contribution is 8.76. The van der Waals surface area contributed by atoms with Crippen LogP contribution in [0.3, 0.4) is 0 Å². The Morgan fingerprint density at radius 2 is 1.06 bits per heavy atom. The maximum atomic E-state index is 12.4. The summed E-state index contributed by atoms with van der Waals surface area (Å²) in [4.78, 5) is 49.0. The third-order valence-corrected chi connectivity index (χ3v) is 5.72. The molecule has 4 N–H and O–H groups in total. The van der Waals surface area contributed by atoms with Gasteiger partial charge < -0.3 is 30.7 Å². The van der Waals surface area contributed by atoms with Gasteiger partial charge in [0.25, 0.3) is 0 Å². The van der Waals surface area contributed by atoms with Crippen LogP contribution >= 0.6 is 21.6 Å². The van der Waals surface area contributed by atoms with Gasteiger partial charge in [0, 0.05) is 11.5 Å². The van der Waals surface area contributed by atoms with Gasteiger partial charge in [-0.1, -0.05) is 33.4 Å². The molecule has 190 valence electrons. The first-order valence-corrected chi connectivity index (χ1v) is 12.8. The fourth-order valence-corrected chi connectivity index (χ4v) is 4.35. The van der Waals surface area contributed by atoms with Crippen molar-refractivity contribution in [1.29, 1.82) is 0 Å². The molecule has 34 heavy (non-hydrogen) atoms. The van der Waals surface area contributed by atoms with Crippen LogP contribution in [-0.4, -0.2) is 71.9 Å². The van der Waals surface area contributed by atoms with Crippen molar-refractivity contribution in [1.82, 2.24) is 21.3 Å². The van der Waals surface area contributed by atoms with Gasteiger partial charge in [0.2, 0.25) is 11.8 Å². The van der Waals surface area contributed by atoms with E-state index in [9.17, 15) is 19.2 Å².